The maximum atomic E-state index is 15.4. The smallest absolute Gasteiger partial charge is 0.200 e. The summed E-state index contributed by atoms with van der Waals surface area (Å²) in [4.78, 5) is 0. The van der Waals surface area contributed by atoms with Crippen LogP contribution in [0.4, 0.5) is 87.8 Å². The first-order valence-corrected chi connectivity index (χ1v) is 22.4. The molecule has 0 nitrogen and oxygen atoms in total. The summed E-state index contributed by atoms with van der Waals surface area (Å²) >= 11 is 6.61. The Labute approximate surface area is 398 Å². The van der Waals surface area contributed by atoms with Gasteiger partial charge in [0.15, 0.2) is 69.8 Å². The van der Waals surface area contributed by atoms with Crippen molar-refractivity contribution in [3.05, 3.63) is 242 Å². The van der Waals surface area contributed by atoms with Gasteiger partial charge in [0.1, 0.15) is 75.9 Å². The van der Waals surface area contributed by atoms with Crippen molar-refractivity contribution in [2.45, 2.75) is 6.16 Å². The highest BCUT2D eigenvalue weighted by molar-refractivity contribution is 7.95. The molecule has 0 aromatic heterocycles. The van der Waals surface area contributed by atoms with Gasteiger partial charge in [-0.25, -0.2) is 87.8 Å². The van der Waals surface area contributed by atoms with Gasteiger partial charge in [0.2, 0.25) is 0 Å². The first-order chi connectivity index (χ1) is 34.0. The molecule has 0 fully saturated rings. The van der Waals surface area contributed by atoms with Gasteiger partial charge in [0, 0.05) is 10.6 Å². The number of hydrogen-bond donors (Lipinski definition) is 0. The third-order valence-electron chi connectivity index (χ3n) is 11.7. The summed E-state index contributed by atoms with van der Waals surface area (Å²) in [5.74, 6) is -71.4. The lowest BCUT2D eigenvalue weighted by molar-refractivity contribution is 0.378. The lowest BCUT2D eigenvalue weighted by Crippen LogP contribution is -2.81. The first-order valence-electron chi connectivity index (χ1n) is 20.0. The summed E-state index contributed by atoms with van der Waals surface area (Å²) in [6.07, 6.45) is -6.31. The van der Waals surface area contributed by atoms with Gasteiger partial charge in [-0.3, -0.25) is 0 Å². The van der Waals surface area contributed by atoms with E-state index in [0.29, 0.717) is 0 Å². The third-order valence-corrected chi connectivity index (χ3v) is 16.4. The minimum atomic E-state index is -7.22. The van der Waals surface area contributed by atoms with Crippen molar-refractivity contribution in [2.24, 2.45) is 0 Å². The molecule has 23 heteroatoms. The summed E-state index contributed by atoms with van der Waals surface area (Å²) < 4.78 is 294. The van der Waals surface area contributed by atoms with Crippen LogP contribution in [0.15, 0.2) is 115 Å². The van der Waals surface area contributed by atoms with Gasteiger partial charge in [-0.1, -0.05) is 84.4 Å². The lowest BCUT2D eigenvalue weighted by atomic mass is 9.12. The van der Waals surface area contributed by atoms with Crippen molar-refractivity contribution < 1.29 is 87.8 Å². The van der Waals surface area contributed by atoms with Crippen LogP contribution in [0, 0.1) is 116 Å². The van der Waals surface area contributed by atoms with Crippen LogP contribution in [0.1, 0.15) is 5.56 Å². The van der Waals surface area contributed by atoms with Crippen molar-refractivity contribution in [3.8, 4) is 0 Å². The lowest BCUT2D eigenvalue weighted by Gasteiger charge is -2.44. The molecule has 0 saturated carbocycles. The molecule has 0 spiro atoms. The normalized spacial score (nSPS) is 11.7. The molecule has 0 unspecified atom stereocenters. The van der Waals surface area contributed by atoms with Gasteiger partial charge < -0.3 is 0 Å². The van der Waals surface area contributed by atoms with Crippen LogP contribution in [0.5, 0.6) is 0 Å². The third kappa shape index (κ3) is 8.33. The van der Waals surface area contributed by atoms with E-state index in [-0.39, 0.29) is 0 Å². The van der Waals surface area contributed by atoms with E-state index in [1.807, 2.05) is 12.1 Å². The summed E-state index contributed by atoms with van der Waals surface area (Å²) in [5, 5.41) is 4.97. The maximum Gasteiger partial charge on any atom is 0.200 e. The molecular weight excluding hydrogens is 1050 g/mol. The van der Waals surface area contributed by atoms with Gasteiger partial charge in [-0.2, -0.15) is 0 Å². The maximum absolute atomic E-state index is 15.4. The Kier molecular flexibility index (Phi) is 15.0. The largest absolute Gasteiger partial charge is 0.207 e. The fourth-order valence-electron chi connectivity index (χ4n) is 8.52. The van der Waals surface area contributed by atoms with E-state index < -0.39 is 152 Å². The molecule has 372 valence electrons. The molecular formula is C49H21BClF20P. The summed E-state index contributed by atoms with van der Waals surface area (Å²) in [6, 6.07) is 41.0. The first kappa shape index (κ1) is 53.0. The number of benzene rings is 8. The number of halogens is 21. The van der Waals surface area contributed by atoms with Crippen molar-refractivity contribution in [2.75, 3.05) is 0 Å². The molecule has 0 heterocycles. The van der Waals surface area contributed by atoms with Crippen LogP contribution in [0.25, 0.3) is 0 Å². The van der Waals surface area contributed by atoms with Gasteiger partial charge in [0.25, 0.3) is 0 Å². The van der Waals surface area contributed by atoms with Crippen molar-refractivity contribution in [1.29, 1.82) is 0 Å². The summed E-state index contributed by atoms with van der Waals surface area (Å²) in [5.41, 5.74) is -13.1. The highest BCUT2D eigenvalue weighted by atomic mass is 35.5. The second-order valence-corrected chi connectivity index (χ2v) is 19.3. The zero-order valence-corrected chi connectivity index (χ0v) is 36.8. The number of hydrogen-bond acceptors (Lipinski definition) is 0. The van der Waals surface area contributed by atoms with Crippen LogP contribution in [0.2, 0.25) is 5.02 Å². The topological polar surface area (TPSA) is 0 Å². The zero-order valence-electron chi connectivity index (χ0n) is 35.1. The van der Waals surface area contributed by atoms with Crippen LogP contribution in [-0.2, 0) is 6.16 Å². The van der Waals surface area contributed by atoms with E-state index in [2.05, 4.69) is 103 Å². The van der Waals surface area contributed by atoms with Crippen LogP contribution >= 0.6 is 18.9 Å². The van der Waals surface area contributed by atoms with E-state index in [0.717, 1.165) is 11.2 Å². The Morgan fingerprint density at radius 1 is 0.264 bits per heavy atom. The van der Waals surface area contributed by atoms with Crippen LogP contribution in [0.3, 0.4) is 0 Å². The molecule has 0 saturated heterocycles. The standard InChI is InChI=1S/C25H21ClP.C24BF20/c26-25-19-11-10-12-21(25)20-27(22-13-4-1-5-14-22,23-15-6-2-7-16-23)24-17-8-3-9-18-24;26-5-1(6(27)14(35)21(42)13(5)34)25(2-7(28)15(36)22(43)16(37)8(2)29,3-9(30)17(38)23(44)18(39)10(3)31)4-11(32)19(40)24(45)20(41)12(4)33/h1-19H,20H2;/q+1;-1. The minimum absolute atomic E-state index is 0.838. The fraction of sp³-hybridized carbons (Fsp3) is 0.0204. The molecule has 0 N–H and O–H groups in total. The van der Waals surface area contributed by atoms with Crippen LogP contribution < -0.4 is 37.8 Å². The van der Waals surface area contributed by atoms with E-state index in [4.69, 9.17) is 11.6 Å². The average Bonchev–Trinajstić information content (AvgIpc) is 3.39. The Bertz CT molecular complexity index is 2920. The van der Waals surface area contributed by atoms with Gasteiger partial charge in [-0.05, 0) is 42.5 Å². The molecule has 0 amide bonds. The van der Waals surface area contributed by atoms with Crippen molar-refractivity contribution >= 4 is 62.8 Å². The second kappa shape index (κ2) is 20.3. The van der Waals surface area contributed by atoms with E-state index in [9.17, 15) is 52.7 Å². The molecule has 0 radical (unpaired) electrons. The molecule has 0 aliphatic heterocycles. The fourth-order valence-corrected chi connectivity index (χ4v) is 13.1. The zero-order chi connectivity index (χ0) is 52.9. The molecule has 0 atom stereocenters. The second-order valence-electron chi connectivity index (χ2n) is 15.4. The molecule has 72 heavy (non-hydrogen) atoms. The number of rotatable bonds is 9. The Hall–Kier alpha value is -6.86. The Morgan fingerprint density at radius 2 is 0.458 bits per heavy atom. The molecule has 8 aromatic rings. The Balaban J connectivity index is 0.000000238. The van der Waals surface area contributed by atoms with E-state index in [1.54, 1.807) is 0 Å². The predicted octanol–water partition coefficient (Wildman–Crippen LogP) is 11.7. The highest BCUT2D eigenvalue weighted by Crippen LogP contribution is 2.58. The molecule has 0 aliphatic carbocycles. The monoisotopic (exact) mass is 1070 g/mol. The van der Waals surface area contributed by atoms with E-state index >= 15 is 35.1 Å². The minimum Gasteiger partial charge on any atom is -0.207 e. The van der Waals surface area contributed by atoms with Gasteiger partial charge in [-0.15, -0.1) is 21.9 Å². The highest BCUT2D eigenvalue weighted by Gasteiger charge is 2.52. The molecule has 0 aliphatic rings. The van der Waals surface area contributed by atoms with Crippen molar-refractivity contribution in [1.82, 2.24) is 0 Å². The summed E-state index contributed by atoms with van der Waals surface area (Å²) in [7, 11) is -1.89. The van der Waals surface area contributed by atoms with E-state index in [1.165, 1.54) is 21.5 Å². The van der Waals surface area contributed by atoms with Crippen molar-refractivity contribution in [3.63, 3.8) is 0 Å². The SMILES string of the molecule is Clc1ccccc1C[P+](c1ccccc1)(c1ccccc1)c1ccccc1.Fc1c(F)c(F)c([B-](c2c(F)c(F)c(F)c(F)c2F)(c2c(F)c(F)c(F)c(F)c2F)c2c(F)c(F)c(F)c(F)c2F)c(F)c1F. The van der Waals surface area contributed by atoms with Crippen LogP contribution in [-0.4, -0.2) is 6.15 Å². The van der Waals surface area contributed by atoms with Gasteiger partial charge >= 0.3 is 0 Å². The summed E-state index contributed by atoms with van der Waals surface area (Å²) in [6.45, 7) is 0. The average molecular weight is 1070 g/mol. The molecule has 8 aromatic carbocycles. The van der Waals surface area contributed by atoms with Gasteiger partial charge in [0.05, 0.1) is 6.16 Å². The molecule has 8 rings (SSSR count). The molecule has 0 bridgehead atoms. The Morgan fingerprint density at radius 3 is 0.681 bits per heavy atom. The quantitative estimate of drug-likeness (QED) is 0.0444. The predicted molar refractivity (Wildman–Crippen MR) is 230 cm³/mol.